The van der Waals surface area contributed by atoms with E-state index in [9.17, 15) is 18.8 Å². The number of nitrogens with zero attached hydrogens (tertiary/aromatic N) is 2. The summed E-state index contributed by atoms with van der Waals surface area (Å²) >= 11 is 0. The number of ether oxygens (including phenoxy) is 2. The molecule has 0 spiro atoms. The van der Waals surface area contributed by atoms with Crippen molar-refractivity contribution in [1.82, 2.24) is 14.5 Å². The molecule has 6 rings (SSSR count). The minimum atomic E-state index is -1.15. The molecule has 4 atom stereocenters. The van der Waals surface area contributed by atoms with Crippen LogP contribution in [-0.4, -0.2) is 40.2 Å². The number of aromatic amines is 1. The second kappa shape index (κ2) is 11.0. The van der Waals surface area contributed by atoms with Crippen molar-refractivity contribution in [1.29, 1.82) is 0 Å². The molecule has 206 valence electrons. The standard InChI is InChI=1S/C29H38FN3O5/c1-19-13-23-7-10-29(14-19,15-20(23)2)17-32-11-8-22(9-12-32)21-3-5-24(6-4-21)38-28(36)37-18-33-16-25(30)26(34)31-27(33)35/h3-6,16,19-20,22-23H,7-15,17-18H2,1-2H3,(H,31,34,35). The van der Waals surface area contributed by atoms with Gasteiger partial charge in [-0.1, -0.05) is 26.0 Å². The van der Waals surface area contributed by atoms with Crippen LogP contribution < -0.4 is 16.0 Å². The lowest BCUT2D eigenvalue weighted by molar-refractivity contribution is 0.0539. The molecule has 1 aliphatic heterocycles. The van der Waals surface area contributed by atoms with E-state index >= 15 is 0 Å². The van der Waals surface area contributed by atoms with Crippen molar-refractivity contribution in [2.45, 2.75) is 71.4 Å². The highest BCUT2D eigenvalue weighted by Gasteiger charge is 2.44. The predicted octanol–water partition coefficient (Wildman–Crippen LogP) is 4.88. The smallest absolute Gasteiger partial charge is 0.412 e. The monoisotopic (exact) mass is 527 g/mol. The van der Waals surface area contributed by atoms with Gasteiger partial charge in [-0.3, -0.25) is 14.3 Å². The van der Waals surface area contributed by atoms with E-state index in [4.69, 9.17) is 9.47 Å². The molecule has 9 heteroatoms. The molecule has 1 aromatic heterocycles. The van der Waals surface area contributed by atoms with Crippen LogP contribution >= 0.6 is 0 Å². The molecule has 3 aliphatic carbocycles. The van der Waals surface area contributed by atoms with Crippen LogP contribution in [0.5, 0.6) is 5.75 Å². The SMILES string of the molecule is CC1CC2CCC(CN3CCC(c4ccc(OC(=O)OCn5cc(F)c(=O)[nH]c5=O)cc4)CC3)(C1)CC2C. The molecular formula is C29H38FN3O5. The molecule has 0 amide bonds. The number of aromatic nitrogens is 2. The van der Waals surface area contributed by atoms with E-state index in [0.717, 1.165) is 48.3 Å². The summed E-state index contributed by atoms with van der Waals surface area (Å²) in [7, 11) is 0. The first-order chi connectivity index (χ1) is 18.2. The molecule has 2 aromatic rings. The first kappa shape index (κ1) is 26.7. The Morgan fingerprint density at radius 2 is 1.84 bits per heavy atom. The fourth-order valence-corrected chi connectivity index (χ4v) is 7.34. The van der Waals surface area contributed by atoms with E-state index in [1.54, 1.807) is 17.1 Å². The number of nitrogens with one attached hydrogen (secondary N) is 1. The van der Waals surface area contributed by atoms with Crippen molar-refractivity contribution in [2.24, 2.45) is 23.2 Å². The molecule has 3 saturated carbocycles. The number of rotatable bonds is 6. The first-order valence-corrected chi connectivity index (χ1v) is 13.9. The van der Waals surface area contributed by atoms with Gasteiger partial charge in [0.15, 0.2) is 6.73 Å². The molecule has 2 bridgehead atoms. The number of carbonyl (C=O) groups is 1. The second-order valence-electron chi connectivity index (χ2n) is 12.0. The third kappa shape index (κ3) is 6.03. The Morgan fingerprint density at radius 3 is 2.55 bits per heavy atom. The Bertz CT molecular complexity index is 1250. The molecule has 2 heterocycles. The second-order valence-corrected chi connectivity index (χ2v) is 12.0. The zero-order chi connectivity index (χ0) is 26.9. The van der Waals surface area contributed by atoms with Gasteiger partial charge in [-0.2, -0.15) is 4.39 Å². The average molecular weight is 528 g/mol. The van der Waals surface area contributed by atoms with Crippen molar-refractivity contribution in [3.05, 3.63) is 62.7 Å². The zero-order valence-electron chi connectivity index (χ0n) is 22.3. The molecule has 38 heavy (non-hydrogen) atoms. The summed E-state index contributed by atoms with van der Waals surface area (Å²) in [6.45, 7) is 7.83. The van der Waals surface area contributed by atoms with Crippen molar-refractivity contribution in [3.8, 4) is 5.75 Å². The van der Waals surface area contributed by atoms with E-state index in [-0.39, 0.29) is 0 Å². The van der Waals surface area contributed by atoms with E-state index < -0.39 is 30.0 Å². The van der Waals surface area contributed by atoms with Gasteiger partial charge in [0.05, 0.1) is 6.20 Å². The molecule has 4 unspecified atom stereocenters. The molecule has 4 fully saturated rings. The fourth-order valence-electron chi connectivity index (χ4n) is 7.34. The summed E-state index contributed by atoms with van der Waals surface area (Å²) in [6.07, 6.45) is 8.89. The molecule has 1 aromatic carbocycles. The van der Waals surface area contributed by atoms with Crippen LogP contribution in [-0.2, 0) is 11.5 Å². The van der Waals surface area contributed by atoms with Crippen LogP contribution in [0, 0.1) is 29.0 Å². The van der Waals surface area contributed by atoms with Gasteiger partial charge >= 0.3 is 11.8 Å². The van der Waals surface area contributed by atoms with E-state index in [0.29, 0.717) is 23.3 Å². The number of hydrogen-bond acceptors (Lipinski definition) is 6. The average Bonchev–Trinajstić information content (AvgIpc) is 3.11. The van der Waals surface area contributed by atoms with Gasteiger partial charge in [-0.05, 0) is 105 Å². The van der Waals surface area contributed by atoms with Crippen LogP contribution in [0.25, 0.3) is 0 Å². The maximum absolute atomic E-state index is 13.3. The van der Waals surface area contributed by atoms with Crippen LogP contribution in [0.2, 0.25) is 0 Å². The van der Waals surface area contributed by atoms with E-state index in [2.05, 4.69) is 18.7 Å². The number of piperidine rings is 1. The van der Waals surface area contributed by atoms with Crippen LogP contribution in [0.1, 0.15) is 70.3 Å². The zero-order valence-corrected chi connectivity index (χ0v) is 22.3. The largest absolute Gasteiger partial charge is 0.515 e. The number of carbonyl (C=O) groups excluding carboxylic acids is 1. The molecule has 1 N–H and O–H groups in total. The molecule has 1 saturated heterocycles. The van der Waals surface area contributed by atoms with Gasteiger partial charge in [0.25, 0.3) is 5.56 Å². The normalized spacial score (nSPS) is 28.1. The first-order valence-electron chi connectivity index (χ1n) is 13.9. The number of benzene rings is 1. The number of H-pyrrole nitrogens is 1. The van der Waals surface area contributed by atoms with Crippen molar-refractivity contribution < 1.29 is 18.7 Å². The quantitative estimate of drug-likeness (QED) is 0.425. The summed E-state index contributed by atoms with van der Waals surface area (Å²) in [4.78, 5) is 39.3. The number of likely N-dealkylation sites (tertiary alicyclic amines) is 1. The van der Waals surface area contributed by atoms with Gasteiger partial charge in [-0.25, -0.2) is 9.59 Å². The lowest BCUT2D eigenvalue weighted by atomic mass is 9.66. The van der Waals surface area contributed by atoms with Gasteiger partial charge in [0.2, 0.25) is 5.82 Å². The van der Waals surface area contributed by atoms with Crippen LogP contribution in [0.15, 0.2) is 40.1 Å². The van der Waals surface area contributed by atoms with E-state index in [1.165, 1.54) is 44.2 Å². The predicted molar refractivity (Wildman–Crippen MR) is 141 cm³/mol. The summed E-state index contributed by atoms with van der Waals surface area (Å²) in [5, 5.41) is 0. The third-order valence-electron chi connectivity index (χ3n) is 9.08. The van der Waals surface area contributed by atoms with E-state index in [1.807, 2.05) is 12.1 Å². The fraction of sp³-hybridized carbons (Fsp3) is 0.621. The van der Waals surface area contributed by atoms with Crippen molar-refractivity contribution in [3.63, 3.8) is 0 Å². The van der Waals surface area contributed by atoms with Gasteiger partial charge in [-0.15, -0.1) is 0 Å². The Morgan fingerprint density at radius 1 is 1.11 bits per heavy atom. The lowest BCUT2D eigenvalue weighted by Crippen LogP contribution is -2.44. The number of hydrogen-bond donors (Lipinski definition) is 1. The summed E-state index contributed by atoms with van der Waals surface area (Å²) < 4.78 is 24.1. The third-order valence-corrected chi connectivity index (χ3v) is 9.08. The van der Waals surface area contributed by atoms with Crippen LogP contribution in [0.4, 0.5) is 9.18 Å². The topological polar surface area (TPSA) is 93.6 Å². The van der Waals surface area contributed by atoms with Crippen molar-refractivity contribution >= 4 is 6.16 Å². The minimum absolute atomic E-state index is 0.322. The summed E-state index contributed by atoms with van der Waals surface area (Å²) in [5.41, 5.74) is -0.275. The maximum atomic E-state index is 13.3. The molecular weight excluding hydrogens is 489 g/mol. The van der Waals surface area contributed by atoms with Gasteiger partial charge in [0.1, 0.15) is 5.75 Å². The van der Waals surface area contributed by atoms with Crippen molar-refractivity contribution in [2.75, 3.05) is 19.6 Å². The number of halogens is 1. The molecule has 4 aliphatic rings. The van der Waals surface area contributed by atoms with Gasteiger partial charge in [0, 0.05) is 6.54 Å². The number of fused-ring (bicyclic) bond motifs is 4. The summed E-state index contributed by atoms with van der Waals surface area (Å²) in [5.74, 6) is 2.29. The van der Waals surface area contributed by atoms with Crippen LogP contribution in [0.3, 0.4) is 0 Å². The minimum Gasteiger partial charge on any atom is -0.412 e. The summed E-state index contributed by atoms with van der Waals surface area (Å²) in [6, 6.07) is 7.44. The Balaban J connectivity index is 1.10. The Labute approximate surface area is 222 Å². The van der Waals surface area contributed by atoms with Gasteiger partial charge < -0.3 is 14.4 Å². The highest BCUT2D eigenvalue weighted by Crippen LogP contribution is 2.53. The molecule has 8 nitrogen and oxygen atoms in total. The highest BCUT2D eigenvalue weighted by atomic mass is 19.1. The Hall–Kier alpha value is -2.94. The maximum Gasteiger partial charge on any atom is 0.515 e. The molecule has 0 radical (unpaired) electrons. The highest BCUT2D eigenvalue weighted by molar-refractivity contribution is 5.63. The Kier molecular flexibility index (Phi) is 7.75. The lowest BCUT2D eigenvalue weighted by Gasteiger charge is -2.45.